The molecule has 1 rings (SSSR count). The average molecular weight is 438 g/mol. The van der Waals surface area contributed by atoms with E-state index in [0.717, 1.165) is 37.5 Å². The van der Waals surface area contributed by atoms with E-state index in [-0.39, 0.29) is 23.7 Å². The number of hydrogen-bond acceptors (Lipinski definition) is 4. The van der Waals surface area contributed by atoms with Gasteiger partial charge in [-0.3, -0.25) is 9.79 Å². The molecular formula is C23H39N3O3S. The molecule has 7 heteroatoms. The van der Waals surface area contributed by atoms with Crippen LogP contribution in [0.1, 0.15) is 66.2 Å². The van der Waals surface area contributed by atoms with Crippen molar-refractivity contribution in [2.24, 2.45) is 27.8 Å². The molecule has 0 bridgehead atoms. The molecule has 0 heterocycles. The average Bonchev–Trinajstić information content (AvgIpc) is 2.67. The number of guanidine groups is 1. The Hall–Kier alpha value is -1.89. The van der Waals surface area contributed by atoms with E-state index in [4.69, 9.17) is 11.5 Å². The third-order valence-corrected chi connectivity index (χ3v) is 9.32. The molecule has 6 nitrogen and oxygen atoms in total. The number of nitrogens with two attached hydrogens (primary N) is 2. The molecule has 170 valence electrons. The van der Waals surface area contributed by atoms with Gasteiger partial charge >= 0.3 is 0 Å². The molecule has 1 aliphatic rings. The van der Waals surface area contributed by atoms with Gasteiger partial charge in [0, 0.05) is 0 Å². The number of rotatable bonds is 12. The quantitative estimate of drug-likeness (QED) is 0.209. The van der Waals surface area contributed by atoms with Crippen molar-refractivity contribution in [2.75, 3.05) is 12.3 Å². The molecule has 0 saturated heterocycles. The van der Waals surface area contributed by atoms with Crippen LogP contribution in [0.2, 0.25) is 0 Å². The monoisotopic (exact) mass is 437 g/mol. The van der Waals surface area contributed by atoms with E-state index >= 15 is 0 Å². The van der Waals surface area contributed by atoms with Crippen molar-refractivity contribution in [1.29, 1.82) is 0 Å². The summed E-state index contributed by atoms with van der Waals surface area (Å²) in [5.41, 5.74) is 12.6. The summed E-state index contributed by atoms with van der Waals surface area (Å²) >= 11 is 0. The van der Waals surface area contributed by atoms with Crippen LogP contribution < -0.4 is 11.5 Å². The number of allylic oxidation sites excluding steroid dienone is 4. The van der Waals surface area contributed by atoms with E-state index in [1.165, 1.54) is 11.6 Å². The van der Waals surface area contributed by atoms with Gasteiger partial charge in [0.05, 0.1) is 17.0 Å². The number of aldehydes is 1. The first-order valence-corrected chi connectivity index (χ1v) is 12.3. The van der Waals surface area contributed by atoms with Gasteiger partial charge < -0.3 is 11.5 Å². The number of sulfone groups is 1. The van der Waals surface area contributed by atoms with Gasteiger partial charge in [-0.05, 0) is 69.3 Å². The maximum absolute atomic E-state index is 12.7. The number of aliphatic imine (C=N–C) groups is 1. The molecule has 0 radical (unpaired) electrons. The second kappa shape index (κ2) is 10.9. The molecule has 0 spiro atoms. The molecule has 0 aromatic carbocycles. The molecule has 3 atom stereocenters. The summed E-state index contributed by atoms with van der Waals surface area (Å²) in [7, 11) is -3.43. The predicted octanol–water partition coefficient (Wildman–Crippen LogP) is 3.69. The third kappa shape index (κ3) is 6.56. The van der Waals surface area contributed by atoms with E-state index in [1.54, 1.807) is 6.92 Å². The van der Waals surface area contributed by atoms with Gasteiger partial charge in [0.1, 0.15) is 6.29 Å². The van der Waals surface area contributed by atoms with Crippen LogP contribution in [0.4, 0.5) is 0 Å². The van der Waals surface area contributed by atoms with Gasteiger partial charge in [-0.2, -0.15) is 0 Å². The molecule has 1 aliphatic carbocycles. The second-order valence-corrected chi connectivity index (χ2v) is 11.5. The summed E-state index contributed by atoms with van der Waals surface area (Å²) < 4.78 is 24.4. The van der Waals surface area contributed by atoms with E-state index in [9.17, 15) is 13.2 Å². The van der Waals surface area contributed by atoms with Gasteiger partial charge in [0.25, 0.3) is 0 Å². The Morgan fingerprint density at radius 2 is 2.10 bits per heavy atom. The molecule has 0 aromatic rings. The van der Waals surface area contributed by atoms with Gasteiger partial charge in [-0.1, -0.05) is 37.6 Å². The maximum atomic E-state index is 12.7. The number of carbonyl (C=O) groups is 1. The Morgan fingerprint density at radius 1 is 1.43 bits per heavy atom. The van der Waals surface area contributed by atoms with E-state index in [2.05, 4.69) is 44.5 Å². The third-order valence-electron chi connectivity index (χ3n) is 6.81. The molecule has 0 aromatic heterocycles. The van der Waals surface area contributed by atoms with Gasteiger partial charge in [0.15, 0.2) is 15.8 Å². The highest BCUT2D eigenvalue weighted by molar-refractivity contribution is 7.93. The maximum Gasteiger partial charge on any atom is 0.185 e. The lowest BCUT2D eigenvalue weighted by molar-refractivity contribution is -0.106. The summed E-state index contributed by atoms with van der Waals surface area (Å²) in [5.74, 6) is 0.236. The molecule has 3 unspecified atom stereocenters. The van der Waals surface area contributed by atoms with E-state index in [1.807, 2.05) is 0 Å². The largest absolute Gasteiger partial charge is 0.370 e. The molecule has 0 aliphatic heterocycles. The summed E-state index contributed by atoms with van der Waals surface area (Å²) in [6.07, 6.45) is 11.7. The zero-order valence-electron chi connectivity index (χ0n) is 19.0. The van der Waals surface area contributed by atoms with Crippen molar-refractivity contribution < 1.29 is 13.2 Å². The summed E-state index contributed by atoms with van der Waals surface area (Å²) in [5, 5.41) is 0. The van der Waals surface area contributed by atoms with E-state index < -0.39 is 14.6 Å². The number of carbonyl (C=O) groups excluding carboxylic acids is 1. The van der Waals surface area contributed by atoms with Crippen molar-refractivity contribution in [3.8, 4) is 0 Å². The summed E-state index contributed by atoms with van der Waals surface area (Å²) in [4.78, 5) is 15.3. The van der Waals surface area contributed by atoms with Gasteiger partial charge in [-0.15, -0.1) is 6.58 Å². The van der Waals surface area contributed by atoms with Crippen LogP contribution in [0.25, 0.3) is 0 Å². The summed E-state index contributed by atoms with van der Waals surface area (Å²) in [6, 6.07) is 0. The first-order chi connectivity index (χ1) is 13.9. The summed E-state index contributed by atoms with van der Waals surface area (Å²) in [6.45, 7) is 12.0. The Balaban J connectivity index is 2.73. The Morgan fingerprint density at radius 3 is 2.67 bits per heavy atom. The van der Waals surface area contributed by atoms with Crippen LogP contribution in [0.5, 0.6) is 0 Å². The van der Waals surface area contributed by atoms with Crippen molar-refractivity contribution in [1.82, 2.24) is 0 Å². The number of nitrogens with zero attached hydrogens (tertiary/aromatic N) is 1. The molecular weight excluding hydrogens is 398 g/mol. The van der Waals surface area contributed by atoms with Gasteiger partial charge in [0.2, 0.25) is 0 Å². The molecule has 0 fully saturated rings. The fraction of sp³-hybridized carbons (Fsp3) is 0.652. The predicted molar refractivity (Wildman–Crippen MR) is 126 cm³/mol. The Bertz CT molecular complexity index is 810. The Labute approximate surface area is 182 Å². The molecule has 0 amide bonds. The normalized spacial score (nSPS) is 24.5. The first kappa shape index (κ1) is 26.1. The standard InChI is InChI=1S/C23H39N3O3S/c1-6-22(4,30(28,29)16-15-26-21(24)25)13-8-9-18(2)12-14-23(5)19(3)10-7-11-20(23)17-27/h6,9,11,17,19H,1,7-8,10,12-16H2,2-5H3,(H4,24,25,26). The Kier molecular flexibility index (Phi) is 9.53. The highest BCUT2D eigenvalue weighted by atomic mass is 32.2. The van der Waals surface area contributed by atoms with E-state index in [0.29, 0.717) is 18.8 Å². The van der Waals surface area contributed by atoms with Crippen LogP contribution in [0.3, 0.4) is 0 Å². The fourth-order valence-corrected chi connectivity index (χ4v) is 5.46. The van der Waals surface area contributed by atoms with Crippen molar-refractivity contribution >= 4 is 22.1 Å². The molecule has 4 N–H and O–H groups in total. The molecule has 30 heavy (non-hydrogen) atoms. The minimum absolute atomic E-state index is 0.0479. The smallest absolute Gasteiger partial charge is 0.185 e. The lowest BCUT2D eigenvalue weighted by Crippen LogP contribution is -2.36. The van der Waals surface area contributed by atoms with Crippen molar-refractivity contribution in [3.05, 3.63) is 36.0 Å². The van der Waals surface area contributed by atoms with Crippen LogP contribution in [-0.4, -0.2) is 37.7 Å². The second-order valence-electron chi connectivity index (χ2n) is 8.90. The van der Waals surface area contributed by atoms with Crippen LogP contribution in [0, 0.1) is 11.3 Å². The van der Waals surface area contributed by atoms with Crippen LogP contribution >= 0.6 is 0 Å². The zero-order valence-corrected chi connectivity index (χ0v) is 19.8. The van der Waals surface area contributed by atoms with Gasteiger partial charge in [-0.25, -0.2) is 8.42 Å². The lowest BCUT2D eigenvalue weighted by atomic mass is 9.65. The topological polar surface area (TPSA) is 116 Å². The lowest BCUT2D eigenvalue weighted by Gasteiger charge is -2.39. The highest BCUT2D eigenvalue weighted by Gasteiger charge is 2.37. The zero-order chi connectivity index (χ0) is 23.0. The van der Waals surface area contributed by atoms with Crippen molar-refractivity contribution in [3.63, 3.8) is 0 Å². The highest BCUT2D eigenvalue weighted by Crippen LogP contribution is 2.45. The SMILES string of the molecule is C=CC(C)(CCC=C(C)CCC1(C)C(C=O)=CCCC1C)S(=O)(=O)CCN=C(N)N. The first-order valence-electron chi connectivity index (χ1n) is 10.6. The fourth-order valence-electron chi connectivity index (χ4n) is 3.98. The molecule has 0 saturated carbocycles. The number of hydrogen-bond donors (Lipinski definition) is 2. The van der Waals surface area contributed by atoms with Crippen LogP contribution in [0.15, 0.2) is 40.9 Å². The van der Waals surface area contributed by atoms with Crippen LogP contribution in [-0.2, 0) is 14.6 Å². The van der Waals surface area contributed by atoms with Crippen molar-refractivity contribution in [2.45, 2.75) is 71.0 Å². The minimum atomic E-state index is -3.43. The minimum Gasteiger partial charge on any atom is -0.370 e.